The van der Waals surface area contributed by atoms with Crippen molar-refractivity contribution in [1.29, 1.82) is 0 Å². The Bertz CT molecular complexity index is 727. The minimum Gasteiger partial charge on any atom is -0.352 e. The van der Waals surface area contributed by atoms with Crippen molar-refractivity contribution in [2.45, 2.75) is 38.4 Å². The van der Waals surface area contributed by atoms with Crippen LogP contribution in [0.15, 0.2) is 18.2 Å². The van der Waals surface area contributed by atoms with Gasteiger partial charge in [0.25, 0.3) is 5.91 Å². The van der Waals surface area contributed by atoms with Crippen molar-refractivity contribution >= 4 is 23.4 Å². The van der Waals surface area contributed by atoms with Gasteiger partial charge >= 0.3 is 6.18 Å². The van der Waals surface area contributed by atoms with Gasteiger partial charge in [0.2, 0.25) is 5.91 Å². The van der Waals surface area contributed by atoms with Crippen LogP contribution >= 0.6 is 11.6 Å². The van der Waals surface area contributed by atoms with Crippen molar-refractivity contribution < 1.29 is 27.2 Å². The topological polar surface area (TPSA) is 61.4 Å². The smallest absolute Gasteiger partial charge is 0.352 e. The summed E-state index contributed by atoms with van der Waals surface area (Å²) >= 11 is 5.75. The summed E-state index contributed by atoms with van der Waals surface area (Å²) in [5.74, 6) is -1.54. The zero-order valence-electron chi connectivity index (χ0n) is 16.2. The van der Waals surface area contributed by atoms with E-state index in [9.17, 15) is 27.2 Å². The van der Waals surface area contributed by atoms with Crippen molar-refractivity contribution in [1.82, 2.24) is 15.5 Å². The Morgan fingerprint density at radius 1 is 1.17 bits per heavy atom. The van der Waals surface area contributed by atoms with Crippen LogP contribution in [0.2, 0.25) is 5.02 Å². The molecule has 2 amide bonds. The molecule has 29 heavy (non-hydrogen) atoms. The fraction of sp³-hybridized carbons (Fsp3) is 0.579. The van der Waals surface area contributed by atoms with E-state index in [4.69, 9.17) is 11.6 Å². The molecule has 10 heteroatoms. The highest BCUT2D eigenvalue weighted by Crippen LogP contribution is 2.29. The van der Waals surface area contributed by atoms with E-state index >= 15 is 0 Å². The molecule has 2 rings (SSSR count). The van der Waals surface area contributed by atoms with E-state index in [2.05, 4.69) is 5.32 Å². The largest absolute Gasteiger partial charge is 0.410 e. The standard InChI is InChI=1S/C19H24ClF4N3O2/c1-18(2,19(22,23)24)26-16(28)11-27-5-3-12(4-6-27)10-25-17(29)13-7-14(20)9-15(21)8-13/h7-9,12H,3-6,10-11H2,1-2H3,(H,25,29)(H,26,28). The van der Waals surface area contributed by atoms with E-state index in [-0.39, 0.29) is 23.0 Å². The van der Waals surface area contributed by atoms with Crippen LogP contribution in [0, 0.1) is 11.7 Å². The molecule has 1 saturated heterocycles. The minimum absolute atomic E-state index is 0.111. The van der Waals surface area contributed by atoms with E-state index in [1.807, 2.05) is 5.32 Å². The maximum atomic E-state index is 13.3. The van der Waals surface area contributed by atoms with Crippen LogP contribution in [0.3, 0.4) is 0 Å². The molecule has 0 unspecified atom stereocenters. The van der Waals surface area contributed by atoms with Crippen LogP contribution in [0.25, 0.3) is 0 Å². The lowest BCUT2D eigenvalue weighted by molar-refractivity contribution is -0.188. The predicted octanol–water partition coefficient (Wildman–Crippen LogP) is 3.38. The third-order valence-electron chi connectivity index (χ3n) is 4.91. The molecule has 0 atom stereocenters. The lowest BCUT2D eigenvalue weighted by atomic mass is 9.96. The van der Waals surface area contributed by atoms with Gasteiger partial charge in [-0.1, -0.05) is 11.6 Å². The third-order valence-corrected chi connectivity index (χ3v) is 5.13. The Morgan fingerprint density at radius 3 is 2.34 bits per heavy atom. The van der Waals surface area contributed by atoms with Crippen molar-refractivity contribution in [2.75, 3.05) is 26.2 Å². The molecule has 0 radical (unpaired) electrons. The molecule has 1 fully saturated rings. The van der Waals surface area contributed by atoms with Crippen LogP contribution in [-0.4, -0.2) is 54.6 Å². The fourth-order valence-corrected chi connectivity index (χ4v) is 3.26. The van der Waals surface area contributed by atoms with Gasteiger partial charge in [-0.2, -0.15) is 13.2 Å². The molecule has 0 spiro atoms. The summed E-state index contributed by atoms with van der Waals surface area (Å²) in [6, 6.07) is 3.59. The summed E-state index contributed by atoms with van der Waals surface area (Å²) in [6.45, 7) is 3.18. The van der Waals surface area contributed by atoms with Gasteiger partial charge in [-0.3, -0.25) is 14.5 Å². The second-order valence-corrected chi connectivity index (χ2v) is 8.20. The first kappa shape index (κ1) is 23.4. The van der Waals surface area contributed by atoms with E-state index in [0.29, 0.717) is 32.5 Å². The average molecular weight is 438 g/mol. The molecule has 0 saturated carbocycles. The SMILES string of the molecule is CC(C)(NC(=O)CN1CCC(CNC(=O)c2cc(F)cc(Cl)c2)CC1)C(F)(F)F. The number of hydrogen-bond donors (Lipinski definition) is 2. The number of benzene rings is 1. The molecule has 0 aliphatic carbocycles. The monoisotopic (exact) mass is 437 g/mol. The molecule has 0 bridgehead atoms. The first-order valence-corrected chi connectivity index (χ1v) is 9.59. The summed E-state index contributed by atoms with van der Waals surface area (Å²) in [5.41, 5.74) is -2.15. The van der Waals surface area contributed by atoms with Crippen molar-refractivity contribution in [3.8, 4) is 0 Å². The van der Waals surface area contributed by atoms with Crippen LogP contribution in [0.4, 0.5) is 17.6 Å². The third kappa shape index (κ3) is 6.85. The molecule has 1 aliphatic rings. The van der Waals surface area contributed by atoms with Crippen molar-refractivity contribution in [3.05, 3.63) is 34.6 Å². The number of alkyl halides is 3. The Kier molecular flexibility index (Phi) is 7.50. The summed E-state index contributed by atoms with van der Waals surface area (Å²) in [5, 5.41) is 4.89. The van der Waals surface area contributed by atoms with Crippen LogP contribution in [0.5, 0.6) is 0 Å². The molecular weight excluding hydrogens is 414 g/mol. The number of nitrogens with zero attached hydrogens (tertiary/aromatic N) is 1. The summed E-state index contributed by atoms with van der Waals surface area (Å²) in [6.07, 6.45) is -3.17. The number of piperidine rings is 1. The van der Waals surface area contributed by atoms with Gasteiger partial charge < -0.3 is 10.6 Å². The number of carbonyl (C=O) groups is 2. The Morgan fingerprint density at radius 2 is 1.79 bits per heavy atom. The van der Waals surface area contributed by atoms with Crippen LogP contribution in [0.1, 0.15) is 37.0 Å². The number of hydrogen-bond acceptors (Lipinski definition) is 3. The van der Waals surface area contributed by atoms with Gasteiger partial charge in [0.05, 0.1) is 6.54 Å². The van der Waals surface area contributed by atoms with Gasteiger partial charge in [0.1, 0.15) is 11.4 Å². The van der Waals surface area contributed by atoms with Crippen molar-refractivity contribution in [2.24, 2.45) is 5.92 Å². The second kappa shape index (κ2) is 9.30. The number of likely N-dealkylation sites (tertiary alicyclic amines) is 1. The first-order valence-electron chi connectivity index (χ1n) is 9.22. The molecule has 1 heterocycles. The van der Waals surface area contributed by atoms with Gasteiger partial charge in [-0.05, 0) is 63.9 Å². The predicted molar refractivity (Wildman–Crippen MR) is 101 cm³/mol. The molecule has 0 aromatic heterocycles. The van der Waals surface area contributed by atoms with E-state index in [1.54, 1.807) is 4.90 Å². The van der Waals surface area contributed by atoms with E-state index in [1.165, 1.54) is 6.07 Å². The highest BCUT2D eigenvalue weighted by atomic mass is 35.5. The average Bonchev–Trinajstić information content (AvgIpc) is 2.58. The van der Waals surface area contributed by atoms with Gasteiger partial charge in [0, 0.05) is 17.1 Å². The number of carbonyl (C=O) groups excluding carboxylic acids is 2. The quantitative estimate of drug-likeness (QED) is 0.671. The summed E-state index contributed by atoms with van der Waals surface area (Å²) < 4.78 is 51.9. The van der Waals surface area contributed by atoms with Gasteiger partial charge in [-0.25, -0.2) is 4.39 Å². The second-order valence-electron chi connectivity index (χ2n) is 7.76. The maximum absolute atomic E-state index is 13.3. The summed E-state index contributed by atoms with van der Waals surface area (Å²) in [7, 11) is 0. The lowest BCUT2D eigenvalue weighted by Crippen LogP contribution is -2.56. The number of halogens is 5. The maximum Gasteiger partial charge on any atom is 0.410 e. The Labute approximate surface area is 171 Å². The molecule has 1 aliphatic heterocycles. The fourth-order valence-electron chi connectivity index (χ4n) is 3.03. The lowest BCUT2D eigenvalue weighted by Gasteiger charge is -2.33. The normalized spacial score (nSPS) is 16.5. The van der Waals surface area contributed by atoms with Crippen LogP contribution < -0.4 is 10.6 Å². The first-order chi connectivity index (χ1) is 13.4. The zero-order chi connectivity index (χ0) is 21.8. The highest BCUT2D eigenvalue weighted by molar-refractivity contribution is 6.31. The number of nitrogens with one attached hydrogen (secondary N) is 2. The summed E-state index contributed by atoms with van der Waals surface area (Å²) in [4.78, 5) is 25.8. The molecule has 2 N–H and O–H groups in total. The highest BCUT2D eigenvalue weighted by Gasteiger charge is 2.48. The molecule has 5 nitrogen and oxygen atoms in total. The Hall–Kier alpha value is -1.87. The van der Waals surface area contributed by atoms with Gasteiger partial charge in [0.15, 0.2) is 0 Å². The molecule has 162 valence electrons. The molecule has 1 aromatic rings. The van der Waals surface area contributed by atoms with E-state index < -0.39 is 29.3 Å². The number of amides is 2. The Balaban J connectivity index is 1.75. The molecule has 1 aromatic carbocycles. The van der Waals surface area contributed by atoms with Gasteiger partial charge in [-0.15, -0.1) is 0 Å². The number of rotatable bonds is 6. The van der Waals surface area contributed by atoms with Crippen LogP contribution in [-0.2, 0) is 4.79 Å². The molecular formula is C19H24ClF4N3O2. The zero-order valence-corrected chi connectivity index (χ0v) is 17.0. The minimum atomic E-state index is -4.53. The van der Waals surface area contributed by atoms with E-state index in [0.717, 1.165) is 26.0 Å². The van der Waals surface area contributed by atoms with Crippen molar-refractivity contribution in [3.63, 3.8) is 0 Å².